The molecular formula is C15H21N3. The standard InChI is InChI=1S/C15H21N3/c1-17-5-4-15-11(7-17)2-3-14(16-15)10-18-8-12-6-13(12)9-18/h2-3,12-13,17H,1,4-10H2. The third-order valence-electron chi connectivity index (χ3n) is 4.72. The number of hydrogen-bond acceptors (Lipinski definition) is 2. The van der Waals surface area contributed by atoms with E-state index in [9.17, 15) is 0 Å². The Bertz CT molecular complexity index is 461. The third kappa shape index (κ3) is 1.95. The highest BCUT2D eigenvalue weighted by molar-refractivity contribution is 5.24. The van der Waals surface area contributed by atoms with Crippen molar-refractivity contribution in [3.05, 3.63) is 36.1 Å². The predicted molar refractivity (Wildman–Crippen MR) is 69.7 cm³/mol. The van der Waals surface area contributed by atoms with Crippen LogP contribution >= 0.6 is 0 Å². The van der Waals surface area contributed by atoms with Gasteiger partial charge >= 0.3 is 0 Å². The van der Waals surface area contributed by atoms with Gasteiger partial charge in [0.1, 0.15) is 0 Å². The summed E-state index contributed by atoms with van der Waals surface area (Å²) < 4.78 is 0. The molecular weight excluding hydrogens is 222 g/mol. The Labute approximate surface area is 109 Å². The van der Waals surface area contributed by atoms with Crippen molar-refractivity contribution in [2.75, 3.05) is 19.6 Å². The van der Waals surface area contributed by atoms with E-state index in [1.54, 1.807) is 0 Å². The average Bonchev–Trinajstić information content (AvgIpc) is 2.97. The minimum absolute atomic E-state index is 1.02. The molecule has 3 atom stereocenters. The summed E-state index contributed by atoms with van der Waals surface area (Å²) in [6.45, 7) is 5.83. The second-order valence-electron chi connectivity index (χ2n) is 6.29. The van der Waals surface area contributed by atoms with Crippen LogP contribution in [0.3, 0.4) is 0 Å². The van der Waals surface area contributed by atoms with Crippen molar-refractivity contribution in [3.8, 4) is 0 Å². The SMILES string of the molecule is [CH2-][NH+]1CCc2nc(CN3CC4CC4C3)ccc2C1. The first-order chi connectivity index (χ1) is 8.78. The van der Waals surface area contributed by atoms with E-state index >= 15 is 0 Å². The lowest BCUT2D eigenvalue weighted by atomic mass is 10.1. The number of fused-ring (bicyclic) bond motifs is 2. The zero-order chi connectivity index (χ0) is 12.1. The van der Waals surface area contributed by atoms with Gasteiger partial charge < -0.3 is 4.90 Å². The molecule has 3 unspecified atom stereocenters. The van der Waals surface area contributed by atoms with Gasteiger partial charge in [0, 0.05) is 31.6 Å². The molecule has 0 radical (unpaired) electrons. The summed E-state index contributed by atoms with van der Waals surface area (Å²) in [5.41, 5.74) is 3.99. The first-order valence-electron chi connectivity index (χ1n) is 7.14. The van der Waals surface area contributed by atoms with Crippen molar-refractivity contribution in [1.29, 1.82) is 0 Å². The lowest BCUT2D eigenvalue weighted by Gasteiger charge is -2.27. The van der Waals surface area contributed by atoms with Gasteiger partial charge in [0.05, 0.1) is 24.5 Å². The maximum atomic E-state index is 4.87. The second-order valence-corrected chi connectivity index (χ2v) is 6.29. The van der Waals surface area contributed by atoms with E-state index in [-0.39, 0.29) is 0 Å². The fourth-order valence-corrected chi connectivity index (χ4v) is 3.55. The van der Waals surface area contributed by atoms with Crippen molar-refractivity contribution in [2.45, 2.75) is 25.9 Å². The molecule has 0 spiro atoms. The Morgan fingerprint density at radius 1 is 1.33 bits per heavy atom. The number of rotatable bonds is 2. The number of aromatic nitrogens is 1. The fourth-order valence-electron chi connectivity index (χ4n) is 3.55. The summed E-state index contributed by atoms with van der Waals surface area (Å²) in [7, 11) is 4.10. The second kappa shape index (κ2) is 4.04. The summed E-state index contributed by atoms with van der Waals surface area (Å²) in [6, 6.07) is 4.50. The lowest BCUT2D eigenvalue weighted by Crippen LogP contribution is -3.06. The quantitative estimate of drug-likeness (QED) is 0.752. The van der Waals surface area contributed by atoms with Gasteiger partial charge in [-0.3, -0.25) is 9.88 Å². The molecule has 1 aliphatic carbocycles. The Morgan fingerprint density at radius 2 is 2.17 bits per heavy atom. The van der Waals surface area contributed by atoms with E-state index in [0.29, 0.717) is 0 Å². The monoisotopic (exact) mass is 243 g/mol. The first kappa shape index (κ1) is 10.9. The van der Waals surface area contributed by atoms with Crippen molar-refractivity contribution >= 4 is 0 Å². The molecule has 3 nitrogen and oxygen atoms in total. The van der Waals surface area contributed by atoms with Crippen LogP contribution in [-0.2, 0) is 19.5 Å². The fraction of sp³-hybridized carbons (Fsp3) is 0.600. The molecule has 18 heavy (non-hydrogen) atoms. The van der Waals surface area contributed by atoms with Gasteiger partial charge in [-0.15, -0.1) is 0 Å². The van der Waals surface area contributed by atoms with Gasteiger partial charge in [-0.1, -0.05) is 0 Å². The van der Waals surface area contributed by atoms with Crippen LogP contribution in [0.4, 0.5) is 0 Å². The minimum Gasteiger partial charge on any atom is -0.464 e. The van der Waals surface area contributed by atoms with Crippen LogP contribution in [0.15, 0.2) is 12.1 Å². The Hall–Kier alpha value is -0.930. The number of hydrogen-bond donors (Lipinski definition) is 1. The van der Waals surface area contributed by atoms with Gasteiger partial charge in [0.15, 0.2) is 0 Å². The maximum Gasteiger partial charge on any atom is 0.0806 e. The van der Waals surface area contributed by atoms with Crippen LogP contribution in [0.1, 0.15) is 23.4 Å². The van der Waals surface area contributed by atoms with Crippen LogP contribution in [-0.4, -0.2) is 29.5 Å². The van der Waals surface area contributed by atoms with E-state index in [1.807, 2.05) is 0 Å². The summed E-state index contributed by atoms with van der Waals surface area (Å²) in [5.74, 6) is 2.04. The first-order valence-corrected chi connectivity index (χ1v) is 7.14. The average molecular weight is 243 g/mol. The van der Waals surface area contributed by atoms with Gasteiger partial charge in [-0.05, 0) is 30.4 Å². The number of nitrogens with one attached hydrogen (secondary N) is 1. The van der Waals surface area contributed by atoms with Crippen LogP contribution < -0.4 is 4.90 Å². The minimum atomic E-state index is 1.02. The van der Waals surface area contributed by atoms with E-state index in [1.165, 1.54) is 41.4 Å². The van der Waals surface area contributed by atoms with E-state index in [4.69, 9.17) is 4.98 Å². The lowest BCUT2D eigenvalue weighted by molar-refractivity contribution is -0.870. The molecule has 1 aromatic rings. The molecule has 4 rings (SSSR count). The molecule has 0 amide bonds. The Morgan fingerprint density at radius 3 is 3.00 bits per heavy atom. The van der Waals surface area contributed by atoms with E-state index in [2.05, 4.69) is 24.1 Å². The highest BCUT2D eigenvalue weighted by atomic mass is 15.2. The van der Waals surface area contributed by atoms with Gasteiger partial charge in [0.25, 0.3) is 0 Å². The molecule has 3 heteroatoms. The van der Waals surface area contributed by atoms with Crippen molar-refractivity contribution < 1.29 is 4.90 Å². The largest absolute Gasteiger partial charge is 0.464 e. The van der Waals surface area contributed by atoms with Crippen LogP contribution in [0, 0.1) is 18.9 Å². The summed E-state index contributed by atoms with van der Waals surface area (Å²) in [5, 5.41) is 0. The van der Waals surface area contributed by atoms with Crippen molar-refractivity contribution in [2.24, 2.45) is 11.8 Å². The van der Waals surface area contributed by atoms with Crippen LogP contribution in [0.2, 0.25) is 0 Å². The smallest absolute Gasteiger partial charge is 0.0806 e. The van der Waals surface area contributed by atoms with Gasteiger partial charge in [-0.25, -0.2) is 0 Å². The number of nitrogens with zero attached hydrogens (tertiary/aromatic N) is 2. The van der Waals surface area contributed by atoms with Gasteiger partial charge in [-0.2, -0.15) is 7.05 Å². The topological polar surface area (TPSA) is 20.6 Å². The Balaban J connectivity index is 1.48. The molecule has 0 bridgehead atoms. The molecule has 3 heterocycles. The van der Waals surface area contributed by atoms with Crippen LogP contribution in [0.25, 0.3) is 0 Å². The molecule has 1 aromatic heterocycles. The molecule has 0 aromatic carbocycles. The number of piperidine rings is 1. The van der Waals surface area contributed by atoms with Crippen LogP contribution in [0.5, 0.6) is 0 Å². The molecule has 2 fully saturated rings. The predicted octanol–water partition coefficient (Wildman–Crippen LogP) is 0.266. The normalized spacial score (nSPS) is 34.2. The highest BCUT2D eigenvalue weighted by Gasteiger charge is 2.44. The molecule has 1 N–H and O–H groups in total. The summed E-state index contributed by atoms with van der Waals surface area (Å²) in [4.78, 5) is 8.81. The van der Waals surface area contributed by atoms with E-state index < -0.39 is 0 Å². The highest BCUT2D eigenvalue weighted by Crippen LogP contribution is 2.45. The Kier molecular flexibility index (Phi) is 2.45. The van der Waals surface area contributed by atoms with E-state index in [0.717, 1.165) is 37.9 Å². The van der Waals surface area contributed by atoms with Crippen molar-refractivity contribution in [1.82, 2.24) is 9.88 Å². The zero-order valence-corrected chi connectivity index (χ0v) is 10.9. The summed E-state index contributed by atoms with van der Waals surface area (Å²) >= 11 is 0. The maximum absolute atomic E-state index is 4.87. The molecule has 96 valence electrons. The molecule has 3 aliphatic rings. The van der Waals surface area contributed by atoms with Gasteiger partial charge in [0.2, 0.25) is 0 Å². The number of quaternary nitrogens is 1. The van der Waals surface area contributed by atoms with Crippen molar-refractivity contribution in [3.63, 3.8) is 0 Å². The summed E-state index contributed by atoms with van der Waals surface area (Å²) in [6.07, 6.45) is 2.57. The number of likely N-dealkylation sites (tertiary alicyclic amines) is 1. The molecule has 1 saturated carbocycles. The zero-order valence-electron chi connectivity index (χ0n) is 10.9. The molecule has 1 saturated heterocycles. The molecule has 2 aliphatic heterocycles. The number of pyridine rings is 1. The third-order valence-corrected chi connectivity index (χ3v) is 4.72.